The number of nitrogens with one attached hydrogen (secondary N) is 2. The van der Waals surface area contributed by atoms with Crippen molar-refractivity contribution in [2.75, 3.05) is 0 Å². The molecule has 0 saturated heterocycles. The normalized spacial score (nSPS) is 11.7. The van der Waals surface area contributed by atoms with Gasteiger partial charge < -0.3 is 0 Å². The molecular weight excluding hydrogens is 314 g/mol. The summed E-state index contributed by atoms with van der Waals surface area (Å²) in [6.45, 7) is 1.82. The zero-order valence-corrected chi connectivity index (χ0v) is 13.2. The highest BCUT2D eigenvalue weighted by Crippen LogP contribution is 2.14. The summed E-state index contributed by atoms with van der Waals surface area (Å²) in [7, 11) is -3.64. The number of aromatic amines is 1. The first kappa shape index (κ1) is 15.4. The lowest BCUT2D eigenvalue weighted by atomic mass is 10.1. The SMILES string of the molecule is Cc1cccc(S(=O)(=O)NCc2n[nH]c(=O)c3ccccc23)c1. The van der Waals surface area contributed by atoms with Gasteiger partial charge in [-0.3, -0.25) is 4.79 Å². The summed E-state index contributed by atoms with van der Waals surface area (Å²) in [6.07, 6.45) is 0. The topological polar surface area (TPSA) is 91.9 Å². The van der Waals surface area contributed by atoms with Crippen LogP contribution in [0.25, 0.3) is 10.8 Å². The minimum atomic E-state index is -3.64. The Kier molecular flexibility index (Phi) is 3.97. The molecule has 118 valence electrons. The summed E-state index contributed by atoms with van der Waals surface area (Å²) in [6, 6.07) is 13.6. The molecule has 3 aromatic rings. The van der Waals surface area contributed by atoms with E-state index >= 15 is 0 Å². The van der Waals surface area contributed by atoms with E-state index in [9.17, 15) is 13.2 Å². The van der Waals surface area contributed by atoms with Crippen molar-refractivity contribution in [1.82, 2.24) is 14.9 Å². The van der Waals surface area contributed by atoms with Gasteiger partial charge in [-0.15, -0.1) is 0 Å². The minimum absolute atomic E-state index is 0.00638. The quantitative estimate of drug-likeness (QED) is 0.762. The monoisotopic (exact) mass is 329 g/mol. The highest BCUT2D eigenvalue weighted by molar-refractivity contribution is 7.89. The standard InChI is InChI=1S/C16H15N3O3S/c1-11-5-4-6-12(9-11)23(21,22)17-10-15-13-7-2-3-8-14(13)16(20)19-18-15/h2-9,17H,10H2,1H3,(H,19,20). The second-order valence-electron chi connectivity index (χ2n) is 5.19. The van der Waals surface area contributed by atoms with Crippen molar-refractivity contribution in [2.45, 2.75) is 18.4 Å². The molecule has 2 N–H and O–H groups in total. The molecule has 1 aromatic heterocycles. The summed E-state index contributed by atoms with van der Waals surface area (Å²) >= 11 is 0. The molecule has 0 unspecified atom stereocenters. The molecule has 0 bridgehead atoms. The zero-order chi connectivity index (χ0) is 16.4. The van der Waals surface area contributed by atoms with Gasteiger partial charge in [-0.1, -0.05) is 30.3 Å². The van der Waals surface area contributed by atoms with Crippen molar-refractivity contribution in [3.63, 3.8) is 0 Å². The average molecular weight is 329 g/mol. The second kappa shape index (κ2) is 5.94. The summed E-state index contributed by atoms with van der Waals surface area (Å²) in [5, 5.41) is 7.45. The van der Waals surface area contributed by atoms with Gasteiger partial charge in [0.2, 0.25) is 10.0 Å². The van der Waals surface area contributed by atoms with Crippen molar-refractivity contribution in [1.29, 1.82) is 0 Å². The molecule has 0 fully saturated rings. The molecule has 0 aliphatic rings. The van der Waals surface area contributed by atoms with E-state index in [2.05, 4.69) is 14.9 Å². The Labute approximate surface area is 133 Å². The summed E-state index contributed by atoms with van der Waals surface area (Å²) in [5.41, 5.74) is 1.03. The number of H-pyrrole nitrogens is 1. The first-order chi connectivity index (χ1) is 11.0. The third-order valence-electron chi connectivity index (χ3n) is 3.50. The Morgan fingerprint density at radius 2 is 1.83 bits per heavy atom. The van der Waals surface area contributed by atoms with Crippen LogP contribution in [0.5, 0.6) is 0 Å². The van der Waals surface area contributed by atoms with Gasteiger partial charge >= 0.3 is 0 Å². The van der Waals surface area contributed by atoms with E-state index in [0.29, 0.717) is 16.5 Å². The van der Waals surface area contributed by atoms with E-state index in [4.69, 9.17) is 0 Å². The van der Waals surface area contributed by atoms with Crippen LogP contribution in [0, 0.1) is 6.92 Å². The molecule has 1 heterocycles. The average Bonchev–Trinajstić information content (AvgIpc) is 2.54. The molecule has 0 aliphatic carbocycles. The third kappa shape index (κ3) is 3.15. The Bertz CT molecular complexity index is 1030. The van der Waals surface area contributed by atoms with Gasteiger partial charge in [0.25, 0.3) is 5.56 Å². The number of sulfonamides is 1. The fraction of sp³-hybridized carbons (Fsp3) is 0.125. The van der Waals surface area contributed by atoms with Crippen molar-refractivity contribution < 1.29 is 8.42 Å². The van der Waals surface area contributed by atoms with Crippen molar-refractivity contribution in [3.8, 4) is 0 Å². The Hall–Kier alpha value is -2.51. The van der Waals surface area contributed by atoms with E-state index in [1.54, 1.807) is 36.4 Å². The lowest BCUT2D eigenvalue weighted by molar-refractivity contribution is 0.580. The molecule has 0 saturated carbocycles. The number of nitrogens with zero attached hydrogens (tertiary/aromatic N) is 1. The Morgan fingerprint density at radius 3 is 2.57 bits per heavy atom. The van der Waals surface area contributed by atoms with Crippen LogP contribution < -0.4 is 10.3 Å². The fourth-order valence-electron chi connectivity index (χ4n) is 2.34. The third-order valence-corrected chi connectivity index (χ3v) is 4.90. The Balaban J connectivity index is 1.92. The van der Waals surface area contributed by atoms with Gasteiger partial charge in [-0.25, -0.2) is 18.2 Å². The molecule has 0 spiro atoms. The van der Waals surface area contributed by atoms with Crippen molar-refractivity contribution in [3.05, 3.63) is 70.1 Å². The summed E-state index contributed by atoms with van der Waals surface area (Å²) in [5.74, 6) is 0. The fourth-order valence-corrected chi connectivity index (χ4v) is 3.43. The first-order valence-electron chi connectivity index (χ1n) is 7.00. The number of aromatic nitrogens is 2. The molecule has 2 aromatic carbocycles. The molecule has 0 atom stereocenters. The van der Waals surface area contributed by atoms with E-state index in [-0.39, 0.29) is 17.0 Å². The van der Waals surface area contributed by atoms with Crippen LogP contribution in [0.1, 0.15) is 11.3 Å². The van der Waals surface area contributed by atoms with Gasteiger partial charge in [0, 0.05) is 5.39 Å². The van der Waals surface area contributed by atoms with Crippen molar-refractivity contribution >= 4 is 20.8 Å². The van der Waals surface area contributed by atoms with Gasteiger partial charge in [0.15, 0.2) is 0 Å². The van der Waals surface area contributed by atoms with E-state index < -0.39 is 10.0 Å². The highest BCUT2D eigenvalue weighted by Gasteiger charge is 2.15. The number of hydrogen-bond acceptors (Lipinski definition) is 4. The number of rotatable bonds is 4. The number of aryl methyl sites for hydroxylation is 1. The molecule has 23 heavy (non-hydrogen) atoms. The van der Waals surface area contributed by atoms with Gasteiger partial charge in [0.05, 0.1) is 22.5 Å². The molecule has 0 radical (unpaired) electrons. The molecule has 6 nitrogen and oxygen atoms in total. The van der Waals surface area contributed by atoms with Gasteiger partial charge in [-0.2, -0.15) is 5.10 Å². The maximum Gasteiger partial charge on any atom is 0.272 e. The summed E-state index contributed by atoms with van der Waals surface area (Å²) < 4.78 is 27.2. The lowest BCUT2D eigenvalue weighted by Crippen LogP contribution is -2.25. The van der Waals surface area contributed by atoms with Crippen molar-refractivity contribution in [2.24, 2.45) is 0 Å². The molecule has 3 rings (SSSR count). The molecule has 0 aliphatic heterocycles. The van der Waals surface area contributed by atoms with Crippen LogP contribution in [-0.2, 0) is 16.6 Å². The number of fused-ring (bicyclic) bond motifs is 1. The summed E-state index contributed by atoms with van der Waals surface area (Å²) in [4.78, 5) is 11.9. The minimum Gasteiger partial charge on any atom is -0.267 e. The smallest absolute Gasteiger partial charge is 0.267 e. The lowest BCUT2D eigenvalue weighted by Gasteiger charge is -2.08. The largest absolute Gasteiger partial charge is 0.272 e. The van der Waals surface area contributed by atoms with E-state index in [1.807, 2.05) is 13.0 Å². The molecule has 7 heteroatoms. The molecule has 0 amide bonds. The van der Waals surface area contributed by atoms with Crippen LogP contribution in [0.15, 0.2) is 58.2 Å². The van der Waals surface area contributed by atoms with Crippen LogP contribution in [0.3, 0.4) is 0 Å². The molecular formula is C16H15N3O3S. The number of benzene rings is 2. The van der Waals surface area contributed by atoms with Crippen LogP contribution in [-0.4, -0.2) is 18.6 Å². The predicted molar refractivity (Wildman–Crippen MR) is 87.6 cm³/mol. The van der Waals surface area contributed by atoms with Crippen LogP contribution in [0.4, 0.5) is 0 Å². The van der Waals surface area contributed by atoms with Crippen LogP contribution in [0.2, 0.25) is 0 Å². The maximum absolute atomic E-state index is 12.3. The van der Waals surface area contributed by atoms with Crippen LogP contribution >= 0.6 is 0 Å². The predicted octanol–water partition coefficient (Wildman–Crippen LogP) is 1.71. The van der Waals surface area contributed by atoms with Gasteiger partial charge in [0.1, 0.15) is 0 Å². The van der Waals surface area contributed by atoms with Gasteiger partial charge in [-0.05, 0) is 30.7 Å². The number of hydrogen-bond donors (Lipinski definition) is 2. The zero-order valence-electron chi connectivity index (χ0n) is 12.4. The van der Waals surface area contributed by atoms with E-state index in [0.717, 1.165) is 5.56 Å². The second-order valence-corrected chi connectivity index (χ2v) is 6.95. The Morgan fingerprint density at radius 1 is 1.09 bits per heavy atom. The highest BCUT2D eigenvalue weighted by atomic mass is 32.2. The maximum atomic E-state index is 12.3. The first-order valence-corrected chi connectivity index (χ1v) is 8.48. The van der Waals surface area contributed by atoms with E-state index in [1.165, 1.54) is 6.07 Å².